The molecule has 0 spiro atoms. The number of fused-ring (bicyclic) bond motifs is 1. The minimum absolute atomic E-state index is 0.163. The summed E-state index contributed by atoms with van der Waals surface area (Å²) >= 11 is 6.22. The van der Waals surface area contributed by atoms with Gasteiger partial charge in [-0.15, -0.1) is 0 Å². The average Bonchev–Trinajstić information content (AvgIpc) is 2.61. The molecule has 1 atom stereocenters. The Bertz CT molecular complexity index is 826. The molecule has 0 fully saturated rings. The first kappa shape index (κ1) is 16.8. The average molecular weight is 340 g/mol. The van der Waals surface area contributed by atoms with Gasteiger partial charge >= 0.3 is 0 Å². The van der Waals surface area contributed by atoms with E-state index in [9.17, 15) is 0 Å². The molecule has 0 aromatic heterocycles. The molecule has 3 aromatic carbocycles. The highest BCUT2D eigenvalue weighted by Gasteiger charge is 2.17. The van der Waals surface area contributed by atoms with E-state index in [1.165, 1.54) is 16.3 Å². The van der Waals surface area contributed by atoms with Crippen molar-refractivity contribution in [2.75, 3.05) is 13.2 Å². The number of ether oxygens (including phenoxy) is 1. The van der Waals surface area contributed by atoms with Gasteiger partial charge in [0.15, 0.2) is 0 Å². The van der Waals surface area contributed by atoms with Gasteiger partial charge in [-0.25, -0.2) is 0 Å². The summed E-state index contributed by atoms with van der Waals surface area (Å²) in [6, 6.07) is 20.7. The molecule has 3 aromatic rings. The van der Waals surface area contributed by atoms with Crippen LogP contribution in [0.5, 0.6) is 5.75 Å². The van der Waals surface area contributed by atoms with Crippen LogP contribution >= 0.6 is 11.6 Å². The van der Waals surface area contributed by atoms with Crippen LogP contribution in [0.15, 0.2) is 60.7 Å². The molecule has 3 heteroatoms. The summed E-state index contributed by atoms with van der Waals surface area (Å²) in [5, 5.41) is 3.24. The lowest BCUT2D eigenvalue weighted by atomic mass is 9.89. The van der Waals surface area contributed by atoms with E-state index in [0.29, 0.717) is 18.2 Å². The molecule has 0 aliphatic heterocycles. The maximum absolute atomic E-state index is 6.22. The van der Waals surface area contributed by atoms with Gasteiger partial charge in [0.05, 0.1) is 6.61 Å². The summed E-state index contributed by atoms with van der Waals surface area (Å²) in [6.45, 7) is 3.16. The minimum atomic E-state index is 0.163. The third-order valence-electron chi connectivity index (χ3n) is 4.34. The van der Waals surface area contributed by atoms with E-state index < -0.39 is 0 Å². The van der Waals surface area contributed by atoms with Crippen LogP contribution in [0.2, 0.25) is 5.02 Å². The van der Waals surface area contributed by atoms with E-state index in [2.05, 4.69) is 42.5 Å². The van der Waals surface area contributed by atoms with Crippen molar-refractivity contribution in [1.29, 1.82) is 0 Å². The van der Waals surface area contributed by atoms with Crippen molar-refractivity contribution in [3.63, 3.8) is 0 Å². The smallest absolute Gasteiger partial charge is 0.122 e. The van der Waals surface area contributed by atoms with Gasteiger partial charge in [0.2, 0.25) is 0 Å². The topological polar surface area (TPSA) is 35.2 Å². The summed E-state index contributed by atoms with van der Waals surface area (Å²) in [7, 11) is 0. The van der Waals surface area contributed by atoms with Crippen LogP contribution in [0.3, 0.4) is 0 Å². The number of halogens is 1. The van der Waals surface area contributed by atoms with Gasteiger partial charge in [0.1, 0.15) is 5.75 Å². The van der Waals surface area contributed by atoms with E-state index in [4.69, 9.17) is 22.1 Å². The first-order valence-corrected chi connectivity index (χ1v) is 8.69. The Morgan fingerprint density at radius 2 is 1.83 bits per heavy atom. The number of benzene rings is 3. The second kappa shape index (κ2) is 7.69. The molecule has 3 rings (SSSR count). The number of nitrogens with two attached hydrogens (primary N) is 1. The molecule has 0 saturated heterocycles. The molecule has 2 N–H and O–H groups in total. The molecular formula is C21H22ClNO. The molecule has 0 heterocycles. The summed E-state index contributed by atoms with van der Waals surface area (Å²) in [5.74, 6) is 1.04. The predicted octanol–water partition coefficient (Wildman–Crippen LogP) is 5.18. The molecule has 124 valence electrons. The Kier molecular flexibility index (Phi) is 5.39. The van der Waals surface area contributed by atoms with E-state index in [1.807, 2.05) is 25.1 Å². The highest BCUT2D eigenvalue weighted by molar-refractivity contribution is 6.30. The normalized spacial score (nSPS) is 12.3. The van der Waals surface area contributed by atoms with Crippen LogP contribution < -0.4 is 10.5 Å². The van der Waals surface area contributed by atoms with Crippen LogP contribution in [0.25, 0.3) is 10.8 Å². The fourth-order valence-electron chi connectivity index (χ4n) is 3.18. The maximum atomic E-state index is 6.22. The number of hydrogen-bond donors (Lipinski definition) is 1. The molecule has 0 bridgehead atoms. The highest BCUT2D eigenvalue weighted by atomic mass is 35.5. The fraction of sp³-hybridized carbons (Fsp3) is 0.238. The van der Waals surface area contributed by atoms with E-state index in [0.717, 1.165) is 17.7 Å². The molecule has 1 unspecified atom stereocenters. The van der Waals surface area contributed by atoms with Crippen molar-refractivity contribution in [1.82, 2.24) is 0 Å². The predicted molar refractivity (Wildman–Crippen MR) is 102 cm³/mol. The van der Waals surface area contributed by atoms with Crippen LogP contribution in [0.4, 0.5) is 0 Å². The van der Waals surface area contributed by atoms with E-state index in [-0.39, 0.29) is 5.92 Å². The highest BCUT2D eigenvalue weighted by Crippen LogP contribution is 2.33. The monoisotopic (exact) mass is 339 g/mol. The molecular weight excluding hydrogens is 318 g/mol. The summed E-state index contributed by atoms with van der Waals surface area (Å²) in [5.41, 5.74) is 8.49. The zero-order valence-corrected chi connectivity index (χ0v) is 14.6. The Morgan fingerprint density at radius 3 is 2.62 bits per heavy atom. The summed E-state index contributed by atoms with van der Waals surface area (Å²) in [4.78, 5) is 0. The molecule has 0 aliphatic carbocycles. The van der Waals surface area contributed by atoms with Gasteiger partial charge in [-0.05, 0) is 54.4 Å². The minimum Gasteiger partial charge on any atom is -0.494 e. The molecule has 0 aliphatic rings. The van der Waals surface area contributed by atoms with Gasteiger partial charge in [0, 0.05) is 16.5 Å². The zero-order chi connectivity index (χ0) is 16.9. The first-order chi connectivity index (χ1) is 11.7. The van der Waals surface area contributed by atoms with Crippen molar-refractivity contribution in [2.45, 2.75) is 19.3 Å². The molecule has 0 saturated carbocycles. The van der Waals surface area contributed by atoms with Crippen LogP contribution in [0, 0.1) is 0 Å². The first-order valence-electron chi connectivity index (χ1n) is 8.32. The standard InChI is InChI=1S/C21H22ClNO/c1-2-24-21-11-10-18(22)13-20(21)17(14-23)12-16-8-5-7-15-6-3-4-9-19(15)16/h3-11,13,17H,2,12,14,23H2,1H3. The molecule has 0 amide bonds. The van der Waals surface area contributed by atoms with E-state index in [1.54, 1.807) is 0 Å². The quantitative estimate of drug-likeness (QED) is 0.671. The van der Waals surface area contributed by atoms with Crippen molar-refractivity contribution >= 4 is 22.4 Å². The third kappa shape index (κ3) is 3.55. The SMILES string of the molecule is CCOc1ccc(Cl)cc1C(CN)Cc1cccc2ccccc12. The molecule has 2 nitrogen and oxygen atoms in total. The van der Waals surface area contributed by atoms with Crippen molar-refractivity contribution < 1.29 is 4.74 Å². The Labute approximate surface area is 148 Å². The Morgan fingerprint density at radius 1 is 1.04 bits per heavy atom. The van der Waals surface area contributed by atoms with Gasteiger partial charge in [0.25, 0.3) is 0 Å². The maximum Gasteiger partial charge on any atom is 0.122 e. The van der Waals surface area contributed by atoms with Crippen molar-refractivity contribution in [3.8, 4) is 5.75 Å². The van der Waals surface area contributed by atoms with E-state index >= 15 is 0 Å². The largest absolute Gasteiger partial charge is 0.494 e. The van der Waals surface area contributed by atoms with Crippen LogP contribution in [0.1, 0.15) is 24.0 Å². The lowest BCUT2D eigenvalue weighted by molar-refractivity contribution is 0.334. The van der Waals surface area contributed by atoms with Crippen molar-refractivity contribution in [3.05, 3.63) is 76.8 Å². The fourth-order valence-corrected chi connectivity index (χ4v) is 3.36. The van der Waals surface area contributed by atoms with Gasteiger partial charge < -0.3 is 10.5 Å². The summed E-state index contributed by atoms with van der Waals surface area (Å²) < 4.78 is 5.79. The second-order valence-electron chi connectivity index (χ2n) is 5.89. The summed E-state index contributed by atoms with van der Waals surface area (Å²) in [6.07, 6.45) is 0.859. The van der Waals surface area contributed by atoms with Crippen LogP contribution in [-0.4, -0.2) is 13.2 Å². The van der Waals surface area contributed by atoms with Crippen LogP contribution in [-0.2, 0) is 6.42 Å². The van der Waals surface area contributed by atoms with Crippen molar-refractivity contribution in [2.24, 2.45) is 5.73 Å². The lowest BCUT2D eigenvalue weighted by Crippen LogP contribution is -2.16. The number of rotatable bonds is 6. The molecule has 24 heavy (non-hydrogen) atoms. The number of hydrogen-bond acceptors (Lipinski definition) is 2. The molecule has 0 radical (unpaired) electrons. The Balaban J connectivity index is 1.99. The third-order valence-corrected chi connectivity index (χ3v) is 4.58. The zero-order valence-electron chi connectivity index (χ0n) is 13.8. The lowest BCUT2D eigenvalue weighted by Gasteiger charge is -2.20. The van der Waals surface area contributed by atoms with Gasteiger partial charge in [-0.1, -0.05) is 54.1 Å². The van der Waals surface area contributed by atoms with Gasteiger partial charge in [-0.2, -0.15) is 0 Å². The Hall–Kier alpha value is -2.03. The van der Waals surface area contributed by atoms with Gasteiger partial charge in [-0.3, -0.25) is 0 Å². The second-order valence-corrected chi connectivity index (χ2v) is 6.33.